The van der Waals surface area contributed by atoms with Crippen LogP contribution in [-0.2, 0) is 4.79 Å². The van der Waals surface area contributed by atoms with E-state index in [1.54, 1.807) is 4.90 Å². The molecule has 1 saturated carbocycles. The second-order valence-corrected chi connectivity index (χ2v) is 5.98. The number of hydrogen-bond acceptors (Lipinski definition) is 2. The molecular weight excluding hydrogens is 244 g/mol. The first-order valence-corrected chi connectivity index (χ1v) is 7.15. The molecular formula is C14H26N2O3. The van der Waals surface area contributed by atoms with Crippen LogP contribution >= 0.6 is 0 Å². The lowest BCUT2D eigenvalue weighted by Crippen LogP contribution is -2.54. The van der Waals surface area contributed by atoms with E-state index in [1.165, 1.54) is 6.42 Å². The molecule has 1 rings (SSSR count). The number of carboxylic acid groups (broad SMARTS) is 1. The molecule has 0 aromatic carbocycles. The number of hydrogen-bond donors (Lipinski definition) is 2. The van der Waals surface area contributed by atoms with Crippen LogP contribution in [0.15, 0.2) is 0 Å². The summed E-state index contributed by atoms with van der Waals surface area (Å²) in [5.41, 5.74) is -0.133. The smallest absolute Gasteiger partial charge is 0.318 e. The van der Waals surface area contributed by atoms with Crippen LogP contribution in [0.1, 0.15) is 59.3 Å². The SMILES string of the molecule is CC(C)N(CCC(=O)O)C(=O)NC1(C)CCCCC1. The molecule has 0 radical (unpaired) electrons. The molecule has 5 nitrogen and oxygen atoms in total. The molecule has 0 aromatic rings. The minimum Gasteiger partial charge on any atom is -0.481 e. The lowest BCUT2D eigenvalue weighted by molar-refractivity contribution is -0.137. The summed E-state index contributed by atoms with van der Waals surface area (Å²) in [6, 6.07) is -0.132. The van der Waals surface area contributed by atoms with Crippen molar-refractivity contribution >= 4 is 12.0 Å². The van der Waals surface area contributed by atoms with Crippen LogP contribution < -0.4 is 5.32 Å². The van der Waals surface area contributed by atoms with Crippen molar-refractivity contribution in [3.63, 3.8) is 0 Å². The zero-order chi connectivity index (χ0) is 14.5. The van der Waals surface area contributed by atoms with E-state index in [9.17, 15) is 9.59 Å². The van der Waals surface area contributed by atoms with Crippen molar-refractivity contribution in [2.75, 3.05) is 6.54 Å². The van der Waals surface area contributed by atoms with E-state index >= 15 is 0 Å². The minimum absolute atomic E-state index is 0.00606. The number of carbonyl (C=O) groups excluding carboxylic acids is 1. The fourth-order valence-electron chi connectivity index (χ4n) is 2.60. The highest BCUT2D eigenvalue weighted by Gasteiger charge is 2.30. The molecule has 0 atom stereocenters. The number of nitrogens with zero attached hydrogens (tertiary/aromatic N) is 1. The van der Waals surface area contributed by atoms with Gasteiger partial charge in [0.2, 0.25) is 0 Å². The summed E-state index contributed by atoms with van der Waals surface area (Å²) >= 11 is 0. The van der Waals surface area contributed by atoms with Crippen molar-refractivity contribution in [2.45, 2.75) is 70.9 Å². The summed E-state index contributed by atoms with van der Waals surface area (Å²) in [6.07, 6.45) is 5.52. The molecule has 0 heterocycles. The van der Waals surface area contributed by atoms with Crippen LogP contribution in [0.2, 0.25) is 0 Å². The van der Waals surface area contributed by atoms with Crippen LogP contribution in [0, 0.1) is 0 Å². The van der Waals surface area contributed by atoms with E-state index in [1.807, 2.05) is 13.8 Å². The number of carbonyl (C=O) groups is 2. The summed E-state index contributed by atoms with van der Waals surface area (Å²) in [4.78, 5) is 24.5. The summed E-state index contributed by atoms with van der Waals surface area (Å²) in [5.74, 6) is -0.873. The standard InChI is InChI=1S/C14H26N2O3/c1-11(2)16(10-7-12(17)18)13(19)15-14(3)8-5-4-6-9-14/h11H,4-10H2,1-3H3,(H,15,19)(H,17,18). The van der Waals surface area contributed by atoms with Gasteiger partial charge in [0, 0.05) is 18.1 Å². The number of nitrogens with one attached hydrogen (secondary N) is 1. The number of urea groups is 1. The van der Waals surface area contributed by atoms with Gasteiger partial charge in [0.05, 0.1) is 6.42 Å². The molecule has 1 aliphatic carbocycles. The number of aliphatic carboxylic acids is 1. The van der Waals surface area contributed by atoms with Gasteiger partial charge in [-0.1, -0.05) is 19.3 Å². The number of amides is 2. The average molecular weight is 270 g/mol. The Labute approximate surface area is 115 Å². The van der Waals surface area contributed by atoms with E-state index in [0.29, 0.717) is 0 Å². The van der Waals surface area contributed by atoms with Crippen LogP contribution in [0.4, 0.5) is 4.79 Å². The van der Waals surface area contributed by atoms with Crippen molar-refractivity contribution in [1.82, 2.24) is 10.2 Å². The molecule has 0 aromatic heterocycles. The van der Waals surface area contributed by atoms with E-state index in [4.69, 9.17) is 5.11 Å². The van der Waals surface area contributed by atoms with Crippen LogP contribution in [0.5, 0.6) is 0 Å². The van der Waals surface area contributed by atoms with Gasteiger partial charge in [-0.2, -0.15) is 0 Å². The van der Waals surface area contributed by atoms with Gasteiger partial charge < -0.3 is 15.3 Å². The average Bonchev–Trinajstić information content (AvgIpc) is 2.28. The van der Waals surface area contributed by atoms with E-state index < -0.39 is 5.97 Å². The summed E-state index contributed by atoms with van der Waals surface area (Å²) in [5, 5.41) is 11.8. The maximum absolute atomic E-state index is 12.3. The number of rotatable bonds is 5. The normalized spacial score (nSPS) is 18.1. The fraction of sp³-hybridized carbons (Fsp3) is 0.857. The van der Waals surface area contributed by atoms with E-state index in [2.05, 4.69) is 12.2 Å². The van der Waals surface area contributed by atoms with Crippen molar-refractivity contribution in [3.8, 4) is 0 Å². The molecule has 0 unspecified atom stereocenters. The van der Waals surface area contributed by atoms with Gasteiger partial charge in [0.15, 0.2) is 0 Å². The van der Waals surface area contributed by atoms with E-state index in [-0.39, 0.29) is 30.6 Å². The maximum Gasteiger partial charge on any atom is 0.318 e. The summed E-state index contributed by atoms with van der Waals surface area (Å²) < 4.78 is 0. The zero-order valence-corrected chi connectivity index (χ0v) is 12.2. The number of carboxylic acids is 1. The lowest BCUT2D eigenvalue weighted by Gasteiger charge is -2.37. The summed E-state index contributed by atoms with van der Waals surface area (Å²) in [7, 11) is 0. The van der Waals surface area contributed by atoms with Crippen molar-refractivity contribution in [3.05, 3.63) is 0 Å². The molecule has 0 spiro atoms. The van der Waals surface area contributed by atoms with Crippen LogP contribution in [-0.4, -0.2) is 40.1 Å². The first kappa shape index (κ1) is 15.8. The second kappa shape index (κ2) is 6.78. The Balaban J connectivity index is 2.58. The van der Waals surface area contributed by atoms with Gasteiger partial charge >= 0.3 is 12.0 Å². The Morgan fingerprint density at radius 3 is 2.32 bits per heavy atom. The van der Waals surface area contributed by atoms with Crippen molar-refractivity contribution in [1.29, 1.82) is 0 Å². The van der Waals surface area contributed by atoms with E-state index in [0.717, 1.165) is 25.7 Å². The highest BCUT2D eigenvalue weighted by atomic mass is 16.4. The first-order chi connectivity index (χ1) is 8.84. The monoisotopic (exact) mass is 270 g/mol. The molecule has 1 aliphatic rings. The van der Waals surface area contributed by atoms with Gasteiger partial charge in [-0.3, -0.25) is 4.79 Å². The minimum atomic E-state index is -0.873. The van der Waals surface area contributed by atoms with Gasteiger partial charge in [-0.25, -0.2) is 4.79 Å². The van der Waals surface area contributed by atoms with Crippen LogP contribution in [0.3, 0.4) is 0 Å². The summed E-state index contributed by atoms with van der Waals surface area (Å²) in [6.45, 7) is 6.16. The lowest BCUT2D eigenvalue weighted by atomic mass is 9.83. The van der Waals surface area contributed by atoms with Gasteiger partial charge in [-0.15, -0.1) is 0 Å². The molecule has 110 valence electrons. The Bertz CT molecular complexity index is 323. The third-order valence-corrected chi connectivity index (χ3v) is 3.82. The topological polar surface area (TPSA) is 69.6 Å². The van der Waals surface area contributed by atoms with Gasteiger partial charge in [-0.05, 0) is 33.6 Å². The Kier molecular flexibility index (Phi) is 5.63. The zero-order valence-electron chi connectivity index (χ0n) is 12.2. The second-order valence-electron chi connectivity index (χ2n) is 5.98. The highest BCUT2D eigenvalue weighted by Crippen LogP contribution is 2.27. The molecule has 2 amide bonds. The van der Waals surface area contributed by atoms with Crippen LogP contribution in [0.25, 0.3) is 0 Å². The van der Waals surface area contributed by atoms with Crippen molar-refractivity contribution < 1.29 is 14.7 Å². The third kappa shape index (κ3) is 5.09. The molecule has 1 fully saturated rings. The Hall–Kier alpha value is -1.26. The third-order valence-electron chi connectivity index (χ3n) is 3.82. The maximum atomic E-state index is 12.3. The molecule has 0 bridgehead atoms. The predicted molar refractivity (Wildman–Crippen MR) is 74.1 cm³/mol. The van der Waals surface area contributed by atoms with Gasteiger partial charge in [0.1, 0.15) is 0 Å². The Morgan fingerprint density at radius 2 is 1.84 bits per heavy atom. The molecule has 5 heteroatoms. The molecule has 0 aliphatic heterocycles. The predicted octanol–water partition coefficient (Wildman–Crippen LogP) is 2.60. The molecule has 0 saturated heterocycles. The Morgan fingerprint density at radius 1 is 1.26 bits per heavy atom. The molecule has 2 N–H and O–H groups in total. The van der Waals surface area contributed by atoms with Crippen molar-refractivity contribution in [2.24, 2.45) is 0 Å². The van der Waals surface area contributed by atoms with Gasteiger partial charge in [0.25, 0.3) is 0 Å². The molecule has 19 heavy (non-hydrogen) atoms. The quantitative estimate of drug-likeness (QED) is 0.806. The highest BCUT2D eigenvalue weighted by molar-refractivity contribution is 5.76. The largest absolute Gasteiger partial charge is 0.481 e. The first-order valence-electron chi connectivity index (χ1n) is 7.15. The fourth-order valence-corrected chi connectivity index (χ4v) is 2.60.